The van der Waals surface area contributed by atoms with Gasteiger partial charge in [-0.2, -0.15) is 5.10 Å². The SMILES string of the molecule is CN(C)c1ccc(/C=N\NC(N)=O)cc1[N+](=O)[O-]. The second kappa shape index (κ2) is 5.62. The van der Waals surface area contributed by atoms with E-state index in [1.54, 1.807) is 31.1 Å². The van der Waals surface area contributed by atoms with E-state index in [1.807, 2.05) is 5.43 Å². The Kier molecular flexibility index (Phi) is 4.19. The normalized spacial score (nSPS) is 10.3. The standard InChI is InChI=1S/C10H13N5O3/c1-14(2)8-4-3-7(5-9(8)15(17)18)6-12-13-10(11)16/h3-6H,1-2H3,(H3,11,13,16)/b12-6-. The number of nitrogens with two attached hydrogens (primary N) is 1. The molecule has 0 radical (unpaired) electrons. The van der Waals surface area contributed by atoms with E-state index in [-0.39, 0.29) is 5.69 Å². The van der Waals surface area contributed by atoms with Gasteiger partial charge in [-0.05, 0) is 6.07 Å². The lowest BCUT2D eigenvalue weighted by atomic mass is 10.2. The fourth-order valence-electron chi connectivity index (χ4n) is 1.32. The van der Waals surface area contributed by atoms with Crippen LogP contribution in [0.1, 0.15) is 5.56 Å². The summed E-state index contributed by atoms with van der Waals surface area (Å²) in [6, 6.07) is 3.81. The predicted molar refractivity (Wildman–Crippen MR) is 67.7 cm³/mol. The average molecular weight is 251 g/mol. The molecule has 1 rings (SSSR count). The first-order valence-corrected chi connectivity index (χ1v) is 4.96. The Morgan fingerprint density at radius 2 is 2.22 bits per heavy atom. The number of carbonyl (C=O) groups excluding carboxylic acids is 1. The van der Waals surface area contributed by atoms with Crippen molar-refractivity contribution in [1.82, 2.24) is 5.43 Å². The molecule has 0 aliphatic rings. The maximum Gasteiger partial charge on any atom is 0.332 e. The highest BCUT2D eigenvalue weighted by Crippen LogP contribution is 2.26. The molecule has 0 saturated carbocycles. The van der Waals surface area contributed by atoms with Crippen LogP contribution in [0.15, 0.2) is 23.3 Å². The Hall–Kier alpha value is -2.64. The van der Waals surface area contributed by atoms with Crippen molar-refractivity contribution in [3.8, 4) is 0 Å². The van der Waals surface area contributed by atoms with Crippen molar-refractivity contribution in [2.24, 2.45) is 10.8 Å². The Labute approximate surface area is 103 Å². The second-order valence-electron chi connectivity index (χ2n) is 3.63. The summed E-state index contributed by atoms with van der Waals surface area (Å²) in [5.41, 5.74) is 7.76. The second-order valence-corrected chi connectivity index (χ2v) is 3.63. The molecule has 0 unspecified atom stereocenters. The summed E-state index contributed by atoms with van der Waals surface area (Å²) in [5, 5.41) is 14.4. The molecule has 0 aliphatic heterocycles. The van der Waals surface area contributed by atoms with Crippen LogP contribution in [0.5, 0.6) is 0 Å². The monoisotopic (exact) mass is 251 g/mol. The van der Waals surface area contributed by atoms with Crippen LogP contribution in [0.25, 0.3) is 0 Å². The average Bonchev–Trinajstić information content (AvgIpc) is 2.28. The molecule has 0 fully saturated rings. The molecule has 0 aromatic heterocycles. The minimum atomic E-state index is -0.800. The molecule has 0 heterocycles. The lowest BCUT2D eigenvalue weighted by Crippen LogP contribution is -2.24. The number of anilines is 1. The summed E-state index contributed by atoms with van der Waals surface area (Å²) in [7, 11) is 3.43. The molecule has 0 aliphatic carbocycles. The number of hydrogen-bond acceptors (Lipinski definition) is 5. The van der Waals surface area contributed by atoms with Gasteiger partial charge in [0.15, 0.2) is 0 Å². The van der Waals surface area contributed by atoms with Crippen LogP contribution in [-0.2, 0) is 0 Å². The quantitative estimate of drug-likeness (QED) is 0.464. The van der Waals surface area contributed by atoms with Crippen molar-refractivity contribution < 1.29 is 9.72 Å². The van der Waals surface area contributed by atoms with E-state index in [4.69, 9.17) is 5.73 Å². The first kappa shape index (κ1) is 13.4. The summed E-state index contributed by atoms with van der Waals surface area (Å²) in [4.78, 5) is 22.5. The Morgan fingerprint density at radius 3 is 2.72 bits per heavy atom. The number of nitro benzene ring substituents is 1. The van der Waals surface area contributed by atoms with E-state index in [0.29, 0.717) is 11.3 Å². The number of primary amides is 1. The van der Waals surface area contributed by atoms with E-state index in [9.17, 15) is 14.9 Å². The fourth-order valence-corrected chi connectivity index (χ4v) is 1.32. The smallest absolute Gasteiger partial charge is 0.332 e. The number of hydrogen-bond donors (Lipinski definition) is 2. The highest BCUT2D eigenvalue weighted by molar-refractivity contribution is 5.84. The number of amides is 2. The number of nitrogens with one attached hydrogen (secondary N) is 1. The molecule has 0 bridgehead atoms. The molecule has 2 amide bonds. The van der Waals surface area contributed by atoms with E-state index in [0.717, 1.165) is 0 Å². The predicted octanol–water partition coefficient (Wildman–Crippen LogP) is 0.663. The van der Waals surface area contributed by atoms with Crippen LogP contribution < -0.4 is 16.1 Å². The third-order valence-corrected chi connectivity index (χ3v) is 2.07. The Bertz CT molecular complexity index is 498. The molecule has 1 aromatic rings. The van der Waals surface area contributed by atoms with Gasteiger partial charge in [0.05, 0.1) is 11.1 Å². The van der Waals surface area contributed by atoms with Gasteiger partial charge in [0.25, 0.3) is 5.69 Å². The topological polar surface area (TPSA) is 114 Å². The van der Waals surface area contributed by atoms with Gasteiger partial charge in [0.1, 0.15) is 5.69 Å². The zero-order chi connectivity index (χ0) is 13.7. The number of hydrazone groups is 1. The zero-order valence-corrected chi connectivity index (χ0v) is 9.95. The number of nitro groups is 1. The molecule has 0 saturated heterocycles. The fraction of sp³-hybridized carbons (Fsp3) is 0.200. The molecule has 18 heavy (non-hydrogen) atoms. The van der Waals surface area contributed by atoms with Crippen molar-refractivity contribution in [1.29, 1.82) is 0 Å². The highest BCUT2D eigenvalue weighted by Gasteiger charge is 2.15. The molecule has 0 spiro atoms. The minimum absolute atomic E-state index is 0.0389. The van der Waals surface area contributed by atoms with Gasteiger partial charge >= 0.3 is 6.03 Å². The van der Waals surface area contributed by atoms with Gasteiger partial charge < -0.3 is 10.6 Å². The van der Waals surface area contributed by atoms with Gasteiger partial charge in [-0.25, -0.2) is 10.2 Å². The van der Waals surface area contributed by atoms with Gasteiger partial charge in [-0.3, -0.25) is 10.1 Å². The molecular weight excluding hydrogens is 238 g/mol. The lowest BCUT2D eigenvalue weighted by molar-refractivity contribution is -0.384. The zero-order valence-electron chi connectivity index (χ0n) is 9.95. The van der Waals surface area contributed by atoms with Crippen LogP contribution in [0.4, 0.5) is 16.2 Å². The van der Waals surface area contributed by atoms with Crippen molar-refractivity contribution in [2.75, 3.05) is 19.0 Å². The van der Waals surface area contributed by atoms with Crippen LogP contribution in [0, 0.1) is 10.1 Å². The van der Waals surface area contributed by atoms with Crippen LogP contribution >= 0.6 is 0 Å². The third kappa shape index (κ3) is 3.44. The van der Waals surface area contributed by atoms with Gasteiger partial charge in [0.2, 0.25) is 0 Å². The molecule has 3 N–H and O–H groups in total. The summed E-state index contributed by atoms with van der Waals surface area (Å²) >= 11 is 0. The summed E-state index contributed by atoms with van der Waals surface area (Å²) in [6.07, 6.45) is 1.27. The number of carbonyl (C=O) groups is 1. The molecule has 8 heteroatoms. The summed E-state index contributed by atoms with van der Waals surface area (Å²) in [5.74, 6) is 0. The van der Waals surface area contributed by atoms with Gasteiger partial charge in [-0.15, -0.1) is 0 Å². The van der Waals surface area contributed by atoms with Gasteiger partial charge in [0, 0.05) is 25.7 Å². The minimum Gasteiger partial charge on any atom is -0.372 e. The van der Waals surface area contributed by atoms with E-state index < -0.39 is 11.0 Å². The molecule has 1 aromatic carbocycles. The first-order chi connectivity index (χ1) is 8.41. The van der Waals surface area contributed by atoms with Crippen molar-refractivity contribution in [3.05, 3.63) is 33.9 Å². The van der Waals surface area contributed by atoms with E-state index in [2.05, 4.69) is 5.10 Å². The maximum atomic E-state index is 10.9. The highest BCUT2D eigenvalue weighted by atomic mass is 16.6. The van der Waals surface area contributed by atoms with E-state index >= 15 is 0 Å². The van der Waals surface area contributed by atoms with E-state index in [1.165, 1.54) is 12.3 Å². The van der Waals surface area contributed by atoms with Crippen molar-refractivity contribution in [3.63, 3.8) is 0 Å². The molecule has 96 valence electrons. The summed E-state index contributed by atoms with van der Waals surface area (Å²) in [6.45, 7) is 0. The number of rotatable bonds is 4. The third-order valence-electron chi connectivity index (χ3n) is 2.07. The summed E-state index contributed by atoms with van der Waals surface area (Å²) < 4.78 is 0. The van der Waals surface area contributed by atoms with Gasteiger partial charge in [-0.1, -0.05) is 6.07 Å². The molecule has 0 atom stereocenters. The first-order valence-electron chi connectivity index (χ1n) is 4.96. The molecular formula is C10H13N5O3. The number of nitrogens with zero attached hydrogens (tertiary/aromatic N) is 3. The van der Waals surface area contributed by atoms with Crippen molar-refractivity contribution in [2.45, 2.75) is 0 Å². The van der Waals surface area contributed by atoms with Crippen LogP contribution in [0.2, 0.25) is 0 Å². The van der Waals surface area contributed by atoms with Crippen LogP contribution in [0.3, 0.4) is 0 Å². The Morgan fingerprint density at radius 1 is 1.56 bits per heavy atom. The van der Waals surface area contributed by atoms with Crippen LogP contribution in [-0.4, -0.2) is 31.3 Å². The number of benzene rings is 1. The largest absolute Gasteiger partial charge is 0.372 e. The number of urea groups is 1. The lowest BCUT2D eigenvalue weighted by Gasteiger charge is -2.12. The molecule has 8 nitrogen and oxygen atoms in total. The van der Waals surface area contributed by atoms with Crippen molar-refractivity contribution >= 4 is 23.6 Å². The maximum absolute atomic E-state index is 10.9. The Balaban J connectivity index is 3.04.